The first-order valence-corrected chi connectivity index (χ1v) is 8.01. The number of rotatable bonds is 8. The number of aliphatic hydroxyl groups is 1. The molecule has 0 radical (unpaired) electrons. The van der Waals surface area contributed by atoms with Gasteiger partial charge in [0, 0.05) is 0 Å². The minimum Gasteiger partial charge on any atom is -0.406 e. The van der Waals surface area contributed by atoms with Gasteiger partial charge in [-0.05, 0) is 23.1 Å². The number of ether oxygens (including phenoxy) is 2. The summed E-state index contributed by atoms with van der Waals surface area (Å²) in [5.74, 6) is -1.23. The van der Waals surface area contributed by atoms with Crippen LogP contribution in [0.4, 0.5) is 22.0 Å². The second kappa shape index (κ2) is 9.32. The summed E-state index contributed by atoms with van der Waals surface area (Å²) in [5, 5.41) is 12.4. The quantitative estimate of drug-likeness (QED) is 0.653. The highest BCUT2D eigenvalue weighted by molar-refractivity contribution is 5.77. The standard InChI is InChI=1S/C17H22F5NO4/c1-16(2,3)13(24)8-14(25)23-12(9-26-15(18)19)10-5-4-6-11(7-10)27-17(20,21)22/h4-7,12-13,15,24H,8-9H2,1-3H3,(H,23,25)/t12?,13-/m0/s1. The van der Waals surface area contributed by atoms with Gasteiger partial charge in [-0.15, -0.1) is 13.2 Å². The molecule has 1 amide bonds. The van der Waals surface area contributed by atoms with Crippen molar-refractivity contribution in [2.75, 3.05) is 6.61 Å². The lowest BCUT2D eigenvalue weighted by Crippen LogP contribution is -2.37. The van der Waals surface area contributed by atoms with E-state index >= 15 is 0 Å². The van der Waals surface area contributed by atoms with Crippen LogP contribution in [0.5, 0.6) is 5.75 Å². The van der Waals surface area contributed by atoms with E-state index < -0.39 is 48.8 Å². The minimum atomic E-state index is -4.92. The maximum Gasteiger partial charge on any atom is 0.573 e. The third-order valence-electron chi connectivity index (χ3n) is 3.60. The Kier molecular flexibility index (Phi) is 7.97. The van der Waals surface area contributed by atoms with Crippen LogP contribution < -0.4 is 10.1 Å². The first kappa shape index (κ1) is 23.1. The Hall–Kier alpha value is -1.94. The van der Waals surface area contributed by atoms with E-state index in [1.807, 2.05) is 0 Å². The molecule has 1 aromatic carbocycles. The lowest BCUT2D eigenvalue weighted by molar-refractivity contribution is -0.274. The molecule has 0 bridgehead atoms. The number of hydrogen-bond donors (Lipinski definition) is 2. The molecule has 2 atom stereocenters. The summed E-state index contributed by atoms with van der Waals surface area (Å²) in [6.07, 6.45) is -6.24. The number of carbonyl (C=O) groups is 1. The molecule has 0 fully saturated rings. The van der Waals surface area contributed by atoms with Gasteiger partial charge in [-0.25, -0.2) is 0 Å². The van der Waals surface area contributed by atoms with E-state index in [9.17, 15) is 31.9 Å². The van der Waals surface area contributed by atoms with Gasteiger partial charge in [-0.3, -0.25) is 4.79 Å². The van der Waals surface area contributed by atoms with Crippen LogP contribution in [0, 0.1) is 5.41 Å². The summed E-state index contributed by atoms with van der Waals surface area (Å²) in [5.41, 5.74) is -0.511. The molecule has 0 heterocycles. The first-order valence-electron chi connectivity index (χ1n) is 8.01. The highest BCUT2D eigenvalue weighted by Gasteiger charge is 2.31. The molecular weight excluding hydrogens is 377 g/mol. The largest absolute Gasteiger partial charge is 0.573 e. The van der Waals surface area contributed by atoms with E-state index in [1.54, 1.807) is 20.8 Å². The van der Waals surface area contributed by atoms with Crippen molar-refractivity contribution in [2.24, 2.45) is 5.41 Å². The molecule has 0 spiro atoms. The van der Waals surface area contributed by atoms with Gasteiger partial charge in [0.15, 0.2) is 0 Å². The predicted octanol–water partition coefficient (Wildman–Crippen LogP) is 3.78. The summed E-state index contributed by atoms with van der Waals surface area (Å²) < 4.78 is 69.8. The molecule has 1 rings (SSSR count). The summed E-state index contributed by atoms with van der Waals surface area (Å²) in [6, 6.07) is 3.40. The molecule has 0 aliphatic rings. The molecule has 1 unspecified atom stereocenters. The number of halogens is 5. The van der Waals surface area contributed by atoms with Crippen molar-refractivity contribution in [3.63, 3.8) is 0 Å². The van der Waals surface area contributed by atoms with Crippen LogP contribution in [-0.4, -0.2) is 36.7 Å². The smallest absolute Gasteiger partial charge is 0.406 e. The summed E-state index contributed by atoms with van der Waals surface area (Å²) in [4.78, 5) is 12.1. The zero-order valence-corrected chi connectivity index (χ0v) is 15.0. The van der Waals surface area contributed by atoms with Gasteiger partial charge < -0.3 is 19.9 Å². The average molecular weight is 399 g/mol. The van der Waals surface area contributed by atoms with Crippen molar-refractivity contribution in [2.45, 2.75) is 52.3 Å². The van der Waals surface area contributed by atoms with E-state index in [1.165, 1.54) is 12.1 Å². The molecule has 0 aliphatic heterocycles. The summed E-state index contributed by atoms with van der Waals surface area (Å²) in [6.45, 7) is 1.32. The fraction of sp³-hybridized carbons (Fsp3) is 0.588. The highest BCUT2D eigenvalue weighted by atomic mass is 19.4. The molecule has 10 heteroatoms. The van der Waals surface area contributed by atoms with Gasteiger partial charge in [-0.1, -0.05) is 32.9 Å². The number of aliphatic hydroxyl groups excluding tert-OH is 1. The molecule has 2 N–H and O–H groups in total. The second-order valence-electron chi connectivity index (χ2n) is 6.92. The number of amides is 1. The predicted molar refractivity (Wildman–Crippen MR) is 86.0 cm³/mol. The normalized spacial score (nSPS) is 14.7. The van der Waals surface area contributed by atoms with Crippen LogP contribution in [0.1, 0.15) is 38.8 Å². The number of alkyl halides is 5. The molecule has 1 aromatic rings. The fourth-order valence-electron chi connectivity index (χ4n) is 2.05. The maximum absolute atomic E-state index is 12.4. The fourth-order valence-corrected chi connectivity index (χ4v) is 2.05. The Morgan fingerprint density at radius 2 is 1.85 bits per heavy atom. The lowest BCUT2D eigenvalue weighted by Gasteiger charge is -2.26. The summed E-state index contributed by atoms with van der Waals surface area (Å²) in [7, 11) is 0. The van der Waals surface area contributed by atoms with Crippen LogP contribution >= 0.6 is 0 Å². The molecule has 5 nitrogen and oxygen atoms in total. The number of carbonyl (C=O) groups excluding carboxylic acids is 1. The SMILES string of the molecule is CC(C)(C)[C@@H](O)CC(=O)NC(COC(F)F)c1cccc(OC(F)(F)F)c1. The molecule has 154 valence electrons. The Morgan fingerprint density at radius 1 is 1.22 bits per heavy atom. The molecule has 27 heavy (non-hydrogen) atoms. The van der Waals surface area contributed by atoms with Crippen molar-refractivity contribution < 1.29 is 41.3 Å². The number of nitrogens with one attached hydrogen (secondary N) is 1. The van der Waals surface area contributed by atoms with Crippen LogP contribution in [-0.2, 0) is 9.53 Å². The molecular formula is C17H22F5NO4. The Bertz CT molecular complexity index is 616. The second-order valence-corrected chi connectivity index (χ2v) is 6.92. The van der Waals surface area contributed by atoms with E-state index in [-0.39, 0.29) is 12.0 Å². The third kappa shape index (κ3) is 9.00. The maximum atomic E-state index is 12.4. The van der Waals surface area contributed by atoms with Crippen LogP contribution in [0.25, 0.3) is 0 Å². The molecule has 0 saturated heterocycles. The first-order chi connectivity index (χ1) is 12.3. The average Bonchev–Trinajstić information content (AvgIpc) is 2.48. The molecule has 0 aromatic heterocycles. The van der Waals surface area contributed by atoms with Gasteiger partial charge in [0.25, 0.3) is 0 Å². The van der Waals surface area contributed by atoms with Crippen molar-refractivity contribution in [3.05, 3.63) is 29.8 Å². The Labute approximate surface area is 153 Å². The highest BCUT2D eigenvalue weighted by Crippen LogP contribution is 2.27. The van der Waals surface area contributed by atoms with Crippen LogP contribution in [0.2, 0.25) is 0 Å². The molecule has 0 aliphatic carbocycles. The van der Waals surface area contributed by atoms with Crippen molar-refractivity contribution >= 4 is 5.91 Å². The van der Waals surface area contributed by atoms with E-state index in [0.29, 0.717) is 0 Å². The monoisotopic (exact) mass is 399 g/mol. The topological polar surface area (TPSA) is 67.8 Å². The number of benzene rings is 1. The zero-order chi connectivity index (χ0) is 20.8. The van der Waals surface area contributed by atoms with Crippen molar-refractivity contribution in [3.8, 4) is 5.75 Å². The zero-order valence-electron chi connectivity index (χ0n) is 15.0. The lowest BCUT2D eigenvalue weighted by atomic mass is 9.87. The minimum absolute atomic E-state index is 0.0796. The summed E-state index contributed by atoms with van der Waals surface area (Å²) >= 11 is 0. The van der Waals surface area contributed by atoms with Gasteiger partial charge in [-0.2, -0.15) is 8.78 Å². The Morgan fingerprint density at radius 3 is 2.37 bits per heavy atom. The van der Waals surface area contributed by atoms with Gasteiger partial charge in [0.1, 0.15) is 5.75 Å². The molecule has 0 saturated carbocycles. The van der Waals surface area contributed by atoms with Gasteiger partial charge in [0.2, 0.25) is 5.91 Å². The Balaban J connectivity index is 2.94. The van der Waals surface area contributed by atoms with Crippen LogP contribution in [0.15, 0.2) is 24.3 Å². The van der Waals surface area contributed by atoms with Crippen molar-refractivity contribution in [1.82, 2.24) is 5.32 Å². The van der Waals surface area contributed by atoms with E-state index in [4.69, 9.17) is 0 Å². The van der Waals surface area contributed by atoms with Crippen LogP contribution in [0.3, 0.4) is 0 Å². The van der Waals surface area contributed by atoms with E-state index in [0.717, 1.165) is 12.1 Å². The van der Waals surface area contributed by atoms with Crippen molar-refractivity contribution in [1.29, 1.82) is 0 Å². The van der Waals surface area contributed by atoms with Gasteiger partial charge in [0.05, 0.1) is 25.2 Å². The van der Waals surface area contributed by atoms with Gasteiger partial charge >= 0.3 is 13.0 Å². The van der Waals surface area contributed by atoms with E-state index in [2.05, 4.69) is 14.8 Å². The third-order valence-corrected chi connectivity index (χ3v) is 3.60. The number of hydrogen-bond acceptors (Lipinski definition) is 4.